The lowest BCUT2D eigenvalue weighted by Crippen LogP contribution is -2.34. The molecular formula is C20H27F2N5. The molecule has 1 aliphatic carbocycles. The highest BCUT2D eigenvalue weighted by molar-refractivity contribution is 5.83. The van der Waals surface area contributed by atoms with Gasteiger partial charge in [-0.25, -0.2) is 13.8 Å². The molecule has 0 unspecified atom stereocenters. The number of hydrazine groups is 1. The zero-order chi connectivity index (χ0) is 19.0. The quantitative estimate of drug-likeness (QED) is 0.869. The van der Waals surface area contributed by atoms with Crippen molar-refractivity contribution in [1.29, 1.82) is 0 Å². The lowest BCUT2D eigenvalue weighted by molar-refractivity contribution is 0.0154. The van der Waals surface area contributed by atoms with Crippen LogP contribution in [0.2, 0.25) is 0 Å². The zero-order valence-electron chi connectivity index (χ0n) is 15.7. The third-order valence-electron chi connectivity index (χ3n) is 5.89. The van der Waals surface area contributed by atoms with Crippen LogP contribution in [0.3, 0.4) is 0 Å². The molecule has 1 aromatic heterocycles. The van der Waals surface area contributed by atoms with Crippen LogP contribution in [-0.2, 0) is 0 Å². The van der Waals surface area contributed by atoms with E-state index in [2.05, 4.69) is 29.1 Å². The fourth-order valence-electron chi connectivity index (χ4n) is 4.22. The molecule has 27 heavy (non-hydrogen) atoms. The predicted molar refractivity (Wildman–Crippen MR) is 103 cm³/mol. The number of halogens is 2. The van der Waals surface area contributed by atoms with Crippen LogP contribution in [0.25, 0.3) is 16.5 Å². The summed E-state index contributed by atoms with van der Waals surface area (Å²) in [6.07, 6.45) is 6.19. The Morgan fingerprint density at radius 3 is 2.70 bits per heavy atom. The number of likely N-dealkylation sites (N-methyl/N-ethyl adjacent to an activating group) is 1. The number of hydrogen-bond donors (Lipinski definition) is 1. The van der Waals surface area contributed by atoms with Gasteiger partial charge in [0.1, 0.15) is 0 Å². The summed E-state index contributed by atoms with van der Waals surface area (Å²) in [4.78, 5) is 0. The van der Waals surface area contributed by atoms with E-state index < -0.39 is 6.43 Å². The van der Waals surface area contributed by atoms with Gasteiger partial charge in [-0.2, -0.15) is 5.10 Å². The first-order valence-electron chi connectivity index (χ1n) is 9.69. The second kappa shape index (κ2) is 7.56. The van der Waals surface area contributed by atoms with E-state index in [0.717, 1.165) is 41.4 Å². The average Bonchev–Trinajstić information content (AvgIpc) is 3.24. The molecule has 0 amide bonds. The van der Waals surface area contributed by atoms with Crippen LogP contribution in [0.4, 0.5) is 8.78 Å². The third kappa shape index (κ3) is 3.84. The second-order valence-corrected chi connectivity index (χ2v) is 7.78. The zero-order valence-corrected chi connectivity index (χ0v) is 15.7. The van der Waals surface area contributed by atoms with Crippen molar-refractivity contribution in [1.82, 2.24) is 19.8 Å². The first-order chi connectivity index (χ1) is 13.0. The summed E-state index contributed by atoms with van der Waals surface area (Å²) in [6, 6.07) is 6.66. The van der Waals surface area contributed by atoms with Crippen LogP contribution in [0, 0.1) is 5.92 Å². The maximum Gasteiger partial charge on any atom is 0.257 e. The molecule has 2 aromatic rings. The molecule has 1 fully saturated rings. The molecule has 0 atom stereocenters. The minimum Gasteiger partial charge on any atom is -0.330 e. The molecule has 2 N–H and O–H groups in total. The Hall–Kier alpha value is -1.99. The molecule has 1 aliphatic heterocycles. The van der Waals surface area contributed by atoms with E-state index in [1.54, 1.807) is 5.01 Å². The fourth-order valence-corrected chi connectivity index (χ4v) is 4.22. The van der Waals surface area contributed by atoms with E-state index in [9.17, 15) is 8.78 Å². The van der Waals surface area contributed by atoms with Crippen molar-refractivity contribution in [2.75, 3.05) is 26.7 Å². The van der Waals surface area contributed by atoms with E-state index >= 15 is 0 Å². The highest BCUT2D eigenvalue weighted by Gasteiger charge is 2.24. The molecule has 4 rings (SSSR count). The van der Waals surface area contributed by atoms with Crippen molar-refractivity contribution >= 4 is 16.5 Å². The molecular weight excluding hydrogens is 348 g/mol. The molecule has 5 nitrogen and oxygen atoms in total. The SMILES string of the molecule is CN1CC(c2ccc3cn(C4CCC(CN)CC4)nc3c2)=CN1CC(F)F. The van der Waals surface area contributed by atoms with Crippen LogP contribution in [0.1, 0.15) is 37.3 Å². The van der Waals surface area contributed by atoms with Gasteiger partial charge in [0.05, 0.1) is 18.1 Å². The summed E-state index contributed by atoms with van der Waals surface area (Å²) < 4.78 is 27.5. The van der Waals surface area contributed by atoms with Crippen LogP contribution in [0.5, 0.6) is 0 Å². The Morgan fingerprint density at radius 2 is 2.00 bits per heavy atom. The largest absolute Gasteiger partial charge is 0.330 e. The van der Waals surface area contributed by atoms with Crippen LogP contribution in [0.15, 0.2) is 30.6 Å². The van der Waals surface area contributed by atoms with Gasteiger partial charge in [-0.15, -0.1) is 0 Å². The van der Waals surface area contributed by atoms with Gasteiger partial charge in [0.2, 0.25) is 0 Å². The molecule has 1 saturated carbocycles. The summed E-state index contributed by atoms with van der Waals surface area (Å²) in [5.74, 6) is 0.653. The first-order valence-corrected chi connectivity index (χ1v) is 9.69. The number of nitrogens with zero attached hydrogens (tertiary/aromatic N) is 4. The summed E-state index contributed by atoms with van der Waals surface area (Å²) >= 11 is 0. The van der Waals surface area contributed by atoms with E-state index in [1.165, 1.54) is 12.8 Å². The van der Waals surface area contributed by atoms with Crippen molar-refractivity contribution in [3.63, 3.8) is 0 Å². The van der Waals surface area contributed by atoms with Gasteiger partial charge in [-0.3, -0.25) is 4.68 Å². The molecule has 7 heteroatoms. The maximum atomic E-state index is 12.7. The third-order valence-corrected chi connectivity index (χ3v) is 5.89. The van der Waals surface area contributed by atoms with Crippen molar-refractivity contribution in [3.8, 4) is 0 Å². The molecule has 146 valence electrons. The number of rotatable bonds is 5. The van der Waals surface area contributed by atoms with Crippen molar-refractivity contribution < 1.29 is 8.78 Å². The molecule has 2 heterocycles. The Labute approximate surface area is 158 Å². The highest BCUT2D eigenvalue weighted by atomic mass is 19.3. The molecule has 0 spiro atoms. The van der Waals surface area contributed by atoms with Gasteiger partial charge >= 0.3 is 0 Å². The standard InChI is InChI=1S/C20H27F2N5/c1-25-10-17(11-26(25)13-20(21)22)15-4-5-16-12-27(24-19(16)8-15)18-6-2-14(9-23)3-7-18/h4-5,8,11-12,14,18,20H,2-3,6-7,9-10,13,23H2,1H3. The van der Waals surface area contributed by atoms with E-state index in [-0.39, 0.29) is 6.54 Å². The Kier molecular flexibility index (Phi) is 5.14. The minimum absolute atomic E-state index is 0.275. The number of alkyl halides is 2. The van der Waals surface area contributed by atoms with Crippen molar-refractivity contribution in [2.24, 2.45) is 11.7 Å². The number of aromatic nitrogens is 2. The van der Waals surface area contributed by atoms with Crippen molar-refractivity contribution in [2.45, 2.75) is 38.2 Å². The van der Waals surface area contributed by atoms with Crippen LogP contribution < -0.4 is 5.73 Å². The number of fused-ring (bicyclic) bond motifs is 1. The molecule has 0 saturated heterocycles. The van der Waals surface area contributed by atoms with Crippen molar-refractivity contribution in [3.05, 3.63) is 36.2 Å². The van der Waals surface area contributed by atoms with Gasteiger partial charge in [0, 0.05) is 31.4 Å². The summed E-state index contributed by atoms with van der Waals surface area (Å²) in [7, 11) is 1.83. The van der Waals surface area contributed by atoms with E-state index in [1.807, 2.05) is 18.3 Å². The molecule has 0 bridgehead atoms. The maximum absolute atomic E-state index is 12.7. The fraction of sp³-hybridized carbons (Fsp3) is 0.550. The smallest absolute Gasteiger partial charge is 0.257 e. The van der Waals surface area contributed by atoms with Gasteiger partial charge in [0.25, 0.3) is 6.43 Å². The lowest BCUT2D eigenvalue weighted by Gasteiger charge is -2.27. The predicted octanol–water partition coefficient (Wildman–Crippen LogP) is 3.49. The monoisotopic (exact) mass is 375 g/mol. The average molecular weight is 375 g/mol. The first kappa shape index (κ1) is 18.4. The second-order valence-electron chi connectivity index (χ2n) is 7.78. The van der Waals surface area contributed by atoms with Gasteiger partial charge < -0.3 is 10.7 Å². The van der Waals surface area contributed by atoms with E-state index in [4.69, 9.17) is 10.8 Å². The topological polar surface area (TPSA) is 50.3 Å². The molecule has 0 radical (unpaired) electrons. The molecule has 2 aliphatic rings. The van der Waals surface area contributed by atoms with Crippen LogP contribution >= 0.6 is 0 Å². The van der Waals surface area contributed by atoms with Gasteiger partial charge in [-0.1, -0.05) is 12.1 Å². The Bertz CT molecular complexity index is 823. The normalized spacial score (nSPS) is 24.2. The Morgan fingerprint density at radius 1 is 1.22 bits per heavy atom. The summed E-state index contributed by atoms with van der Waals surface area (Å²) in [6.45, 7) is 1.13. The van der Waals surface area contributed by atoms with Gasteiger partial charge in [0.15, 0.2) is 0 Å². The summed E-state index contributed by atoms with van der Waals surface area (Å²) in [5.41, 5.74) is 8.84. The van der Waals surface area contributed by atoms with Crippen LogP contribution in [-0.4, -0.2) is 52.9 Å². The van der Waals surface area contributed by atoms with E-state index in [0.29, 0.717) is 18.5 Å². The molecule has 1 aromatic carbocycles. The number of nitrogens with two attached hydrogens (primary N) is 1. The number of hydrogen-bond acceptors (Lipinski definition) is 4. The highest BCUT2D eigenvalue weighted by Crippen LogP contribution is 2.33. The minimum atomic E-state index is -2.35. The van der Waals surface area contributed by atoms with Gasteiger partial charge in [-0.05, 0) is 55.3 Å². The number of benzene rings is 1. The Balaban J connectivity index is 1.53. The summed E-state index contributed by atoms with van der Waals surface area (Å²) in [5, 5.41) is 9.34. The lowest BCUT2D eigenvalue weighted by atomic mass is 9.86.